The van der Waals surface area contributed by atoms with Crippen LogP contribution in [-0.4, -0.2) is 29.4 Å². The van der Waals surface area contributed by atoms with E-state index in [0.29, 0.717) is 5.84 Å². The molecule has 2 fully saturated rings. The van der Waals surface area contributed by atoms with E-state index >= 15 is 0 Å². The first-order valence-electron chi connectivity index (χ1n) is 8.86. The van der Waals surface area contributed by atoms with Crippen LogP contribution in [0.4, 0.5) is 0 Å². The van der Waals surface area contributed by atoms with Crippen LogP contribution in [0.5, 0.6) is 0 Å². The van der Waals surface area contributed by atoms with E-state index < -0.39 is 0 Å². The van der Waals surface area contributed by atoms with Gasteiger partial charge in [-0.3, -0.25) is 10.3 Å². The minimum absolute atomic E-state index is 0.354. The molecule has 2 rings (SSSR count). The topological polar surface area (TPSA) is 53.1 Å². The molecule has 0 atom stereocenters. The molecule has 2 aliphatic carbocycles. The zero-order chi connectivity index (χ0) is 14.2. The summed E-state index contributed by atoms with van der Waals surface area (Å²) in [6.07, 6.45) is 17.4. The van der Waals surface area contributed by atoms with Crippen molar-refractivity contribution < 1.29 is 0 Å². The lowest BCUT2D eigenvalue weighted by atomic mass is 9.88. The monoisotopic (exact) mass is 279 g/mol. The maximum atomic E-state index is 7.34. The van der Waals surface area contributed by atoms with Crippen LogP contribution >= 0.6 is 0 Å². The molecule has 0 aromatic heterocycles. The van der Waals surface area contributed by atoms with E-state index in [2.05, 4.69) is 4.90 Å². The van der Waals surface area contributed by atoms with Gasteiger partial charge in [0.25, 0.3) is 0 Å². The molecule has 0 aromatic rings. The van der Waals surface area contributed by atoms with Crippen molar-refractivity contribution in [3.8, 4) is 0 Å². The maximum absolute atomic E-state index is 7.34. The Morgan fingerprint density at radius 1 is 0.850 bits per heavy atom. The molecule has 0 saturated heterocycles. The van der Waals surface area contributed by atoms with E-state index in [0.717, 1.165) is 24.9 Å². The van der Waals surface area contributed by atoms with Crippen molar-refractivity contribution in [3.05, 3.63) is 0 Å². The minimum atomic E-state index is 0.354. The third-order valence-electron chi connectivity index (χ3n) is 5.20. The Morgan fingerprint density at radius 2 is 1.35 bits per heavy atom. The van der Waals surface area contributed by atoms with E-state index in [4.69, 9.17) is 11.1 Å². The van der Waals surface area contributed by atoms with Crippen LogP contribution in [0, 0.1) is 5.41 Å². The van der Waals surface area contributed by atoms with Gasteiger partial charge in [0.15, 0.2) is 0 Å². The molecule has 0 heterocycles. The Balaban J connectivity index is 1.83. The van der Waals surface area contributed by atoms with Crippen LogP contribution in [-0.2, 0) is 0 Å². The number of nitrogens with one attached hydrogen (secondary N) is 1. The molecular weight excluding hydrogens is 246 g/mol. The molecule has 0 radical (unpaired) electrons. The standard InChI is InChI=1S/C17H33N3/c18-17(19)13-7-8-14-20(15-9-3-1-4-10-15)16-11-5-2-6-12-16/h15-16H,1-14H2,(H3,18,19). The first-order valence-corrected chi connectivity index (χ1v) is 8.86. The van der Waals surface area contributed by atoms with Gasteiger partial charge in [0.2, 0.25) is 0 Å². The molecule has 3 heteroatoms. The Labute approximate surface area is 124 Å². The average molecular weight is 279 g/mol. The summed E-state index contributed by atoms with van der Waals surface area (Å²) in [5.74, 6) is 0.354. The van der Waals surface area contributed by atoms with Gasteiger partial charge in [0, 0.05) is 18.5 Å². The van der Waals surface area contributed by atoms with Crippen molar-refractivity contribution in [3.63, 3.8) is 0 Å². The zero-order valence-electron chi connectivity index (χ0n) is 13.1. The predicted molar refractivity (Wildman–Crippen MR) is 86.2 cm³/mol. The van der Waals surface area contributed by atoms with Gasteiger partial charge >= 0.3 is 0 Å². The summed E-state index contributed by atoms with van der Waals surface area (Å²) >= 11 is 0. The maximum Gasteiger partial charge on any atom is 0.0905 e. The Hall–Kier alpha value is -0.570. The molecular formula is C17H33N3. The number of nitrogens with two attached hydrogens (primary N) is 1. The highest BCUT2D eigenvalue weighted by Crippen LogP contribution is 2.30. The van der Waals surface area contributed by atoms with Gasteiger partial charge in [-0.1, -0.05) is 38.5 Å². The highest BCUT2D eigenvalue weighted by atomic mass is 15.2. The second kappa shape index (κ2) is 8.66. The number of rotatable bonds is 7. The quantitative estimate of drug-likeness (QED) is 0.419. The Kier molecular flexibility index (Phi) is 6.85. The van der Waals surface area contributed by atoms with Crippen LogP contribution in [0.1, 0.15) is 83.5 Å². The van der Waals surface area contributed by atoms with Crippen molar-refractivity contribution in [2.75, 3.05) is 6.54 Å². The van der Waals surface area contributed by atoms with Gasteiger partial charge in [-0.25, -0.2) is 0 Å². The number of hydrogen-bond donors (Lipinski definition) is 2. The molecule has 20 heavy (non-hydrogen) atoms. The third-order valence-corrected chi connectivity index (χ3v) is 5.20. The fourth-order valence-electron chi connectivity index (χ4n) is 4.10. The lowest BCUT2D eigenvalue weighted by Gasteiger charge is -2.41. The van der Waals surface area contributed by atoms with E-state index in [9.17, 15) is 0 Å². The summed E-state index contributed by atoms with van der Waals surface area (Å²) in [6.45, 7) is 1.24. The van der Waals surface area contributed by atoms with Crippen LogP contribution < -0.4 is 5.73 Å². The van der Waals surface area contributed by atoms with Crippen molar-refractivity contribution in [1.82, 2.24) is 4.90 Å². The van der Waals surface area contributed by atoms with Gasteiger partial charge < -0.3 is 5.73 Å². The smallest absolute Gasteiger partial charge is 0.0905 e. The number of nitrogens with zero attached hydrogens (tertiary/aromatic N) is 1. The van der Waals surface area contributed by atoms with Crippen molar-refractivity contribution in [1.29, 1.82) is 5.41 Å². The second-order valence-electron chi connectivity index (χ2n) is 6.80. The summed E-state index contributed by atoms with van der Waals surface area (Å²) in [7, 11) is 0. The fourth-order valence-corrected chi connectivity index (χ4v) is 4.10. The highest BCUT2D eigenvalue weighted by Gasteiger charge is 2.28. The molecule has 3 nitrogen and oxygen atoms in total. The molecule has 0 amide bonds. The Morgan fingerprint density at radius 3 is 1.80 bits per heavy atom. The molecule has 0 spiro atoms. The SMILES string of the molecule is N=C(N)CCCCN(C1CCCCC1)C1CCCCC1. The van der Waals surface area contributed by atoms with Crippen molar-refractivity contribution in [2.45, 2.75) is 95.6 Å². The predicted octanol–water partition coefficient (Wildman–Crippen LogP) is 4.06. The van der Waals surface area contributed by atoms with Gasteiger partial charge in [-0.05, 0) is 45.1 Å². The lowest BCUT2D eigenvalue weighted by molar-refractivity contribution is 0.0792. The molecule has 2 saturated carbocycles. The van der Waals surface area contributed by atoms with E-state index in [1.807, 2.05) is 0 Å². The van der Waals surface area contributed by atoms with E-state index in [-0.39, 0.29) is 0 Å². The number of unbranched alkanes of at least 4 members (excludes halogenated alkanes) is 1. The summed E-state index contributed by atoms with van der Waals surface area (Å²) in [4.78, 5) is 2.86. The molecule has 3 N–H and O–H groups in total. The Bertz CT molecular complexity index is 260. The first kappa shape index (κ1) is 15.8. The highest BCUT2D eigenvalue weighted by molar-refractivity contribution is 5.76. The molecule has 0 bridgehead atoms. The minimum Gasteiger partial charge on any atom is -0.388 e. The number of hydrogen-bond acceptors (Lipinski definition) is 2. The normalized spacial score (nSPS) is 22.2. The fraction of sp³-hybridized carbons (Fsp3) is 0.941. The number of amidine groups is 1. The van der Waals surface area contributed by atoms with Gasteiger partial charge in [-0.15, -0.1) is 0 Å². The summed E-state index contributed by atoms with van der Waals surface area (Å²) in [5.41, 5.74) is 5.46. The van der Waals surface area contributed by atoms with Crippen LogP contribution in [0.15, 0.2) is 0 Å². The summed E-state index contributed by atoms with van der Waals surface area (Å²) in [5, 5.41) is 7.34. The summed E-state index contributed by atoms with van der Waals surface area (Å²) in [6, 6.07) is 1.70. The van der Waals surface area contributed by atoms with Crippen LogP contribution in [0.3, 0.4) is 0 Å². The van der Waals surface area contributed by atoms with Crippen LogP contribution in [0.25, 0.3) is 0 Å². The van der Waals surface area contributed by atoms with Crippen LogP contribution in [0.2, 0.25) is 0 Å². The molecule has 2 aliphatic rings. The molecule has 116 valence electrons. The van der Waals surface area contributed by atoms with E-state index in [1.54, 1.807) is 0 Å². The second-order valence-corrected chi connectivity index (χ2v) is 6.80. The van der Waals surface area contributed by atoms with Crippen molar-refractivity contribution in [2.24, 2.45) is 5.73 Å². The average Bonchev–Trinajstić information content (AvgIpc) is 2.49. The largest absolute Gasteiger partial charge is 0.388 e. The van der Waals surface area contributed by atoms with Gasteiger partial charge in [-0.2, -0.15) is 0 Å². The molecule has 0 unspecified atom stereocenters. The van der Waals surface area contributed by atoms with E-state index in [1.165, 1.54) is 77.2 Å². The zero-order valence-corrected chi connectivity index (χ0v) is 13.1. The first-order chi connectivity index (χ1) is 9.77. The summed E-state index contributed by atoms with van der Waals surface area (Å²) < 4.78 is 0. The lowest BCUT2D eigenvalue weighted by Crippen LogP contribution is -2.45. The third kappa shape index (κ3) is 5.08. The molecule has 0 aromatic carbocycles. The van der Waals surface area contributed by atoms with Gasteiger partial charge in [0.1, 0.15) is 0 Å². The van der Waals surface area contributed by atoms with Crippen molar-refractivity contribution >= 4 is 5.84 Å². The van der Waals surface area contributed by atoms with Gasteiger partial charge in [0.05, 0.1) is 5.84 Å². The molecule has 0 aliphatic heterocycles.